The second-order valence-corrected chi connectivity index (χ2v) is 5.34. The Balaban J connectivity index is 2.56. The van der Waals surface area contributed by atoms with Crippen molar-refractivity contribution in [1.82, 2.24) is 9.88 Å². The number of thiazole rings is 1. The van der Waals surface area contributed by atoms with Crippen LogP contribution in [0.4, 0.5) is 0 Å². The van der Waals surface area contributed by atoms with E-state index in [9.17, 15) is 9.59 Å². The predicted molar refractivity (Wildman–Crippen MR) is 69.2 cm³/mol. The van der Waals surface area contributed by atoms with Gasteiger partial charge in [-0.2, -0.15) is 0 Å². The van der Waals surface area contributed by atoms with Crippen LogP contribution in [0.2, 0.25) is 0 Å². The summed E-state index contributed by atoms with van der Waals surface area (Å²) in [6.07, 6.45) is 0.0354. The highest BCUT2D eigenvalue weighted by atomic mass is 32.1. The average Bonchev–Trinajstić information content (AvgIpc) is 2.77. The Morgan fingerprint density at radius 2 is 2.17 bits per heavy atom. The predicted octanol–water partition coefficient (Wildman–Crippen LogP) is 1.85. The van der Waals surface area contributed by atoms with Crippen LogP contribution in [0.3, 0.4) is 0 Å². The molecule has 18 heavy (non-hydrogen) atoms. The first-order valence-electron chi connectivity index (χ1n) is 5.75. The van der Waals surface area contributed by atoms with Crippen molar-refractivity contribution in [3.63, 3.8) is 0 Å². The van der Waals surface area contributed by atoms with Gasteiger partial charge < -0.3 is 10.0 Å². The largest absolute Gasteiger partial charge is 0.481 e. The minimum Gasteiger partial charge on any atom is -0.481 e. The van der Waals surface area contributed by atoms with Gasteiger partial charge in [0, 0.05) is 18.8 Å². The fourth-order valence-corrected chi connectivity index (χ4v) is 2.15. The van der Waals surface area contributed by atoms with Gasteiger partial charge in [-0.1, -0.05) is 13.8 Å². The molecule has 1 rings (SSSR count). The van der Waals surface area contributed by atoms with Gasteiger partial charge in [0.05, 0.1) is 23.7 Å². The summed E-state index contributed by atoms with van der Waals surface area (Å²) < 4.78 is 0. The number of carbonyl (C=O) groups is 2. The molecule has 0 spiro atoms. The third kappa shape index (κ3) is 4.10. The summed E-state index contributed by atoms with van der Waals surface area (Å²) in [6.45, 7) is 4.05. The number of carboxylic acids is 1. The van der Waals surface area contributed by atoms with Gasteiger partial charge in [-0.25, -0.2) is 4.98 Å². The number of aromatic nitrogens is 1. The molecule has 1 N–H and O–H groups in total. The lowest BCUT2D eigenvalue weighted by molar-refractivity contribution is -0.147. The van der Waals surface area contributed by atoms with Crippen molar-refractivity contribution >= 4 is 23.2 Å². The van der Waals surface area contributed by atoms with E-state index in [-0.39, 0.29) is 18.2 Å². The van der Waals surface area contributed by atoms with Gasteiger partial charge in [-0.05, 0) is 5.92 Å². The summed E-state index contributed by atoms with van der Waals surface area (Å²) in [6, 6.07) is 0. The van der Waals surface area contributed by atoms with Gasteiger partial charge in [0.2, 0.25) is 5.91 Å². The second-order valence-electron chi connectivity index (χ2n) is 4.62. The molecular weight excluding hydrogens is 252 g/mol. The monoisotopic (exact) mass is 270 g/mol. The first kappa shape index (κ1) is 14.6. The Kier molecular flexibility index (Phi) is 5.27. The molecule has 0 unspecified atom stereocenters. The molecule has 1 atom stereocenters. The molecule has 1 aromatic rings. The molecule has 0 saturated carbocycles. The fraction of sp³-hybridized carbons (Fsp3) is 0.583. The lowest BCUT2D eigenvalue weighted by Crippen LogP contribution is -2.32. The van der Waals surface area contributed by atoms with Crippen molar-refractivity contribution in [3.05, 3.63) is 16.6 Å². The zero-order valence-corrected chi connectivity index (χ0v) is 11.6. The number of carboxylic acid groups (broad SMARTS) is 1. The number of aliphatic carboxylic acids is 1. The van der Waals surface area contributed by atoms with E-state index in [0.29, 0.717) is 6.54 Å². The van der Waals surface area contributed by atoms with Crippen LogP contribution in [0.25, 0.3) is 0 Å². The maximum atomic E-state index is 11.9. The Morgan fingerprint density at radius 1 is 1.50 bits per heavy atom. The topological polar surface area (TPSA) is 70.5 Å². The summed E-state index contributed by atoms with van der Waals surface area (Å²) in [5, 5.41) is 10.9. The van der Waals surface area contributed by atoms with E-state index in [0.717, 1.165) is 5.69 Å². The van der Waals surface area contributed by atoms with Gasteiger partial charge in [-0.3, -0.25) is 9.59 Å². The fourth-order valence-electron chi connectivity index (χ4n) is 1.60. The van der Waals surface area contributed by atoms with Crippen molar-refractivity contribution in [3.8, 4) is 0 Å². The highest BCUT2D eigenvalue weighted by Crippen LogP contribution is 2.17. The van der Waals surface area contributed by atoms with Gasteiger partial charge in [0.1, 0.15) is 0 Å². The van der Waals surface area contributed by atoms with Crippen LogP contribution in [-0.2, 0) is 16.1 Å². The second kappa shape index (κ2) is 6.49. The van der Waals surface area contributed by atoms with E-state index < -0.39 is 11.9 Å². The molecule has 1 heterocycles. The van der Waals surface area contributed by atoms with Gasteiger partial charge in [-0.15, -0.1) is 11.3 Å². The first-order chi connectivity index (χ1) is 8.41. The Labute approximate surface area is 110 Å². The SMILES string of the molecule is CC(C)[C@H](CC(=O)N(C)Cc1cscn1)C(=O)O. The smallest absolute Gasteiger partial charge is 0.307 e. The van der Waals surface area contributed by atoms with Crippen molar-refractivity contribution in [2.45, 2.75) is 26.8 Å². The molecule has 0 saturated heterocycles. The molecule has 0 fully saturated rings. The van der Waals surface area contributed by atoms with Crippen molar-refractivity contribution < 1.29 is 14.7 Å². The van der Waals surface area contributed by atoms with Crippen molar-refractivity contribution in [2.24, 2.45) is 11.8 Å². The van der Waals surface area contributed by atoms with Crippen LogP contribution in [0, 0.1) is 11.8 Å². The molecule has 0 aliphatic heterocycles. The maximum Gasteiger partial charge on any atom is 0.307 e. The zero-order chi connectivity index (χ0) is 13.7. The third-order valence-electron chi connectivity index (χ3n) is 2.82. The minimum atomic E-state index is -0.916. The summed E-state index contributed by atoms with van der Waals surface area (Å²) in [5.74, 6) is -1.76. The quantitative estimate of drug-likeness (QED) is 0.856. The van der Waals surface area contributed by atoms with Crippen LogP contribution in [0.5, 0.6) is 0 Å². The molecule has 0 aliphatic rings. The highest BCUT2D eigenvalue weighted by molar-refractivity contribution is 7.07. The third-order valence-corrected chi connectivity index (χ3v) is 3.46. The standard InChI is InChI=1S/C12H18N2O3S/c1-8(2)10(12(16)17)4-11(15)14(3)5-9-6-18-7-13-9/h6-8,10H,4-5H2,1-3H3,(H,16,17)/t10-/m0/s1. The van der Waals surface area contributed by atoms with Crippen molar-refractivity contribution in [2.75, 3.05) is 7.05 Å². The minimum absolute atomic E-state index is 0.0354. The molecule has 1 aromatic heterocycles. The molecule has 1 amide bonds. The van der Waals surface area contributed by atoms with E-state index in [1.165, 1.54) is 16.2 Å². The van der Waals surface area contributed by atoms with E-state index >= 15 is 0 Å². The van der Waals surface area contributed by atoms with Crippen LogP contribution in [0.1, 0.15) is 26.0 Å². The number of rotatable bonds is 6. The summed E-state index contributed by atoms with van der Waals surface area (Å²) >= 11 is 1.47. The molecule has 0 aromatic carbocycles. The lowest BCUT2D eigenvalue weighted by Gasteiger charge is -2.20. The molecule has 0 aliphatic carbocycles. The highest BCUT2D eigenvalue weighted by Gasteiger charge is 2.26. The van der Waals surface area contributed by atoms with Crippen LogP contribution in [0.15, 0.2) is 10.9 Å². The van der Waals surface area contributed by atoms with Crippen molar-refractivity contribution in [1.29, 1.82) is 0 Å². The Morgan fingerprint density at radius 3 is 2.61 bits per heavy atom. The van der Waals surface area contributed by atoms with E-state index in [2.05, 4.69) is 4.98 Å². The molecule has 100 valence electrons. The van der Waals surface area contributed by atoms with Crippen LogP contribution in [-0.4, -0.2) is 33.9 Å². The summed E-state index contributed by atoms with van der Waals surface area (Å²) in [4.78, 5) is 28.6. The molecule has 5 nitrogen and oxygen atoms in total. The lowest BCUT2D eigenvalue weighted by atomic mass is 9.92. The van der Waals surface area contributed by atoms with Crippen LogP contribution >= 0.6 is 11.3 Å². The Bertz CT molecular complexity index is 403. The average molecular weight is 270 g/mol. The van der Waals surface area contributed by atoms with Gasteiger partial charge >= 0.3 is 5.97 Å². The van der Waals surface area contributed by atoms with Gasteiger partial charge in [0.15, 0.2) is 0 Å². The maximum absolute atomic E-state index is 11.9. The number of nitrogens with zero attached hydrogens (tertiary/aromatic N) is 2. The summed E-state index contributed by atoms with van der Waals surface area (Å²) in [7, 11) is 1.67. The molecular formula is C12H18N2O3S. The normalized spacial score (nSPS) is 12.4. The Hall–Kier alpha value is -1.43. The van der Waals surface area contributed by atoms with E-state index in [4.69, 9.17) is 5.11 Å². The van der Waals surface area contributed by atoms with Crippen LogP contribution < -0.4 is 0 Å². The van der Waals surface area contributed by atoms with E-state index in [1.54, 1.807) is 12.6 Å². The zero-order valence-electron chi connectivity index (χ0n) is 10.8. The first-order valence-corrected chi connectivity index (χ1v) is 6.70. The number of hydrogen-bond donors (Lipinski definition) is 1. The van der Waals surface area contributed by atoms with E-state index in [1.807, 2.05) is 19.2 Å². The number of carbonyl (C=O) groups excluding carboxylic acids is 1. The molecule has 0 radical (unpaired) electrons. The molecule has 0 bridgehead atoms. The number of hydrogen-bond acceptors (Lipinski definition) is 4. The summed E-state index contributed by atoms with van der Waals surface area (Å²) in [5.41, 5.74) is 2.54. The number of amides is 1. The van der Waals surface area contributed by atoms with Gasteiger partial charge in [0.25, 0.3) is 0 Å². The molecule has 6 heteroatoms.